The summed E-state index contributed by atoms with van der Waals surface area (Å²) < 4.78 is 0. The lowest BCUT2D eigenvalue weighted by Crippen LogP contribution is -2.45. The summed E-state index contributed by atoms with van der Waals surface area (Å²) in [5.41, 5.74) is 0.416. The molecule has 1 aromatic carbocycles. The maximum absolute atomic E-state index is 12.3. The van der Waals surface area contributed by atoms with Crippen molar-refractivity contribution in [2.24, 2.45) is 0 Å². The molecule has 0 heterocycles. The number of nitrogens with zero attached hydrogens (tertiary/aromatic N) is 1. The zero-order chi connectivity index (χ0) is 14.6. The van der Waals surface area contributed by atoms with Gasteiger partial charge in [-0.25, -0.2) is 0 Å². The Morgan fingerprint density at radius 3 is 2.55 bits per heavy atom. The van der Waals surface area contributed by atoms with Gasteiger partial charge in [0.05, 0.1) is 10.9 Å². The molecule has 0 spiro atoms. The number of likely N-dealkylation sites (N-methyl/N-ethyl adjacent to an activating group) is 1. The van der Waals surface area contributed by atoms with Crippen LogP contribution in [0.4, 0.5) is 0 Å². The van der Waals surface area contributed by atoms with Crippen LogP contribution >= 0.6 is 12.6 Å². The maximum Gasteiger partial charge on any atom is 0.235 e. The molecule has 1 fully saturated rings. The van der Waals surface area contributed by atoms with Crippen LogP contribution in [0, 0.1) is 0 Å². The Labute approximate surface area is 126 Å². The van der Waals surface area contributed by atoms with Gasteiger partial charge in [0.2, 0.25) is 5.91 Å². The predicted octanol–water partition coefficient (Wildman–Crippen LogP) is 2.29. The van der Waals surface area contributed by atoms with Crippen molar-refractivity contribution in [3.63, 3.8) is 0 Å². The molecular formula is C16H23NO2S. The summed E-state index contributed by atoms with van der Waals surface area (Å²) in [5, 5.41) is 10.0. The molecule has 1 atom stereocenters. The van der Waals surface area contributed by atoms with Gasteiger partial charge in [-0.05, 0) is 24.8 Å². The zero-order valence-electron chi connectivity index (χ0n) is 12.0. The molecule has 1 saturated carbocycles. The number of carbonyl (C=O) groups is 1. The lowest BCUT2D eigenvalue weighted by Gasteiger charge is -2.30. The van der Waals surface area contributed by atoms with E-state index >= 15 is 0 Å². The molecule has 20 heavy (non-hydrogen) atoms. The summed E-state index contributed by atoms with van der Waals surface area (Å²) in [6.07, 6.45) is 4.30. The number of carbonyl (C=O) groups excluding carboxylic acids is 1. The van der Waals surface area contributed by atoms with E-state index in [1.807, 2.05) is 30.3 Å². The third-order valence-corrected chi connectivity index (χ3v) is 4.40. The fraction of sp³-hybridized carbons (Fsp3) is 0.562. The SMILES string of the molecule is CN(CC1(O)CCCC1)C(=O)C(S)Cc1ccccc1. The normalized spacial score (nSPS) is 18.8. The first-order chi connectivity index (χ1) is 9.50. The zero-order valence-corrected chi connectivity index (χ0v) is 12.9. The smallest absolute Gasteiger partial charge is 0.235 e. The predicted molar refractivity (Wildman–Crippen MR) is 84.0 cm³/mol. The van der Waals surface area contributed by atoms with Crippen molar-refractivity contribution in [1.82, 2.24) is 4.90 Å². The molecule has 2 rings (SSSR count). The highest BCUT2D eigenvalue weighted by atomic mass is 32.1. The summed E-state index contributed by atoms with van der Waals surface area (Å²) in [5.74, 6) is -0.0162. The van der Waals surface area contributed by atoms with E-state index in [1.165, 1.54) is 0 Å². The van der Waals surface area contributed by atoms with Gasteiger partial charge < -0.3 is 10.0 Å². The summed E-state index contributed by atoms with van der Waals surface area (Å²) >= 11 is 4.43. The second-order valence-electron chi connectivity index (χ2n) is 5.83. The average molecular weight is 293 g/mol. The molecular weight excluding hydrogens is 270 g/mol. The molecule has 1 unspecified atom stereocenters. The van der Waals surface area contributed by atoms with Crippen molar-refractivity contribution in [1.29, 1.82) is 0 Å². The van der Waals surface area contributed by atoms with Gasteiger partial charge in [0.1, 0.15) is 0 Å². The van der Waals surface area contributed by atoms with E-state index in [1.54, 1.807) is 11.9 Å². The van der Waals surface area contributed by atoms with Crippen molar-refractivity contribution in [2.45, 2.75) is 43.0 Å². The molecule has 0 radical (unpaired) electrons. The van der Waals surface area contributed by atoms with Gasteiger partial charge in [0.15, 0.2) is 0 Å². The van der Waals surface area contributed by atoms with Crippen LogP contribution in [0.5, 0.6) is 0 Å². The van der Waals surface area contributed by atoms with E-state index in [9.17, 15) is 9.90 Å². The van der Waals surface area contributed by atoms with Crippen molar-refractivity contribution in [3.8, 4) is 0 Å². The summed E-state index contributed by atoms with van der Waals surface area (Å²) in [7, 11) is 1.76. The van der Waals surface area contributed by atoms with Gasteiger partial charge in [-0.3, -0.25) is 4.79 Å². The summed E-state index contributed by atoms with van der Waals surface area (Å²) in [4.78, 5) is 13.9. The van der Waals surface area contributed by atoms with Gasteiger partial charge >= 0.3 is 0 Å². The molecule has 1 aliphatic rings. The molecule has 110 valence electrons. The van der Waals surface area contributed by atoms with Gasteiger partial charge in [0, 0.05) is 13.6 Å². The fourth-order valence-electron chi connectivity index (χ4n) is 2.89. The Balaban J connectivity index is 1.89. The largest absolute Gasteiger partial charge is 0.388 e. The van der Waals surface area contributed by atoms with Gasteiger partial charge in [-0.15, -0.1) is 0 Å². The quantitative estimate of drug-likeness (QED) is 0.818. The number of thiol groups is 1. The van der Waals surface area contributed by atoms with Crippen LogP contribution in [0.3, 0.4) is 0 Å². The molecule has 3 nitrogen and oxygen atoms in total. The Kier molecular flexibility index (Phi) is 5.11. The van der Waals surface area contributed by atoms with E-state index < -0.39 is 5.60 Å². The minimum Gasteiger partial charge on any atom is -0.388 e. The van der Waals surface area contributed by atoms with E-state index in [2.05, 4.69) is 12.6 Å². The number of rotatable bonds is 5. The molecule has 4 heteroatoms. The molecule has 1 aromatic rings. The van der Waals surface area contributed by atoms with Crippen molar-refractivity contribution in [2.75, 3.05) is 13.6 Å². The van der Waals surface area contributed by atoms with Crippen LogP contribution in [-0.2, 0) is 11.2 Å². The number of hydrogen-bond acceptors (Lipinski definition) is 3. The topological polar surface area (TPSA) is 40.5 Å². The first-order valence-corrected chi connectivity index (χ1v) is 7.71. The van der Waals surface area contributed by atoms with E-state index in [0.29, 0.717) is 13.0 Å². The fourth-order valence-corrected chi connectivity index (χ4v) is 3.30. The van der Waals surface area contributed by atoms with Crippen molar-refractivity contribution < 1.29 is 9.90 Å². The Hall–Kier alpha value is -1.00. The van der Waals surface area contributed by atoms with Crippen LogP contribution < -0.4 is 0 Å². The molecule has 0 aliphatic heterocycles. The Morgan fingerprint density at radius 1 is 1.35 bits per heavy atom. The number of benzene rings is 1. The van der Waals surface area contributed by atoms with Crippen LogP contribution in [0.2, 0.25) is 0 Å². The number of amides is 1. The van der Waals surface area contributed by atoms with E-state index in [-0.39, 0.29) is 11.2 Å². The van der Waals surface area contributed by atoms with E-state index in [0.717, 1.165) is 31.2 Å². The third-order valence-electron chi connectivity index (χ3n) is 4.00. The molecule has 1 amide bonds. The van der Waals surface area contributed by atoms with Crippen LogP contribution in [0.15, 0.2) is 30.3 Å². The molecule has 1 N–H and O–H groups in total. The first kappa shape index (κ1) is 15.4. The highest BCUT2D eigenvalue weighted by Crippen LogP contribution is 2.30. The number of aliphatic hydroxyl groups is 1. The lowest BCUT2D eigenvalue weighted by molar-refractivity contribution is -0.132. The second kappa shape index (κ2) is 6.64. The molecule has 0 bridgehead atoms. The lowest BCUT2D eigenvalue weighted by atomic mass is 10.0. The average Bonchev–Trinajstić information content (AvgIpc) is 2.85. The minimum atomic E-state index is -0.690. The van der Waals surface area contributed by atoms with Gasteiger partial charge in [0.25, 0.3) is 0 Å². The van der Waals surface area contributed by atoms with Crippen molar-refractivity contribution in [3.05, 3.63) is 35.9 Å². The first-order valence-electron chi connectivity index (χ1n) is 7.19. The van der Waals surface area contributed by atoms with Gasteiger partial charge in [-0.2, -0.15) is 12.6 Å². The number of hydrogen-bond donors (Lipinski definition) is 2. The van der Waals surface area contributed by atoms with E-state index in [4.69, 9.17) is 0 Å². The van der Waals surface area contributed by atoms with Crippen LogP contribution in [0.25, 0.3) is 0 Å². The summed E-state index contributed by atoms with van der Waals surface area (Å²) in [6, 6.07) is 9.89. The van der Waals surface area contributed by atoms with Gasteiger partial charge in [-0.1, -0.05) is 43.2 Å². The van der Waals surface area contributed by atoms with Crippen LogP contribution in [-0.4, -0.2) is 40.4 Å². The highest BCUT2D eigenvalue weighted by molar-refractivity contribution is 7.81. The monoisotopic (exact) mass is 293 g/mol. The van der Waals surface area contributed by atoms with Crippen molar-refractivity contribution >= 4 is 18.5 Å². The third kappa shape index (κ3) is 4.00. The standard InChI is InChI=1S/C16H23NO2S/c1-17(12-16(19)9-5-6-10-16)15(18)14(20)11-13-7-3-2-4-8-13/h2-4,7-8,14,19-20H,5-6,9-12H2,1H3. The second-order valence-corrected chi connectivity index (χ2v) is 6.45. The molecule has 0 aromatic heterocycles. The molecule has 0 saturated heterocycles. The highest BCUT2D eigenvalue weighted by Gasteiger charge is 2.34. The molecule has 1 aliphatic carbocycles. The summed E-state index contributed by atoms with van der Waals surface area (Å²) in [6.45, 7) is 0.414. The van der Waals surface area contributed by atoms with Crippen LogP contribution in [0.1, 0.15) is 31.2 Å². The maximum atomic E-state index is 12.3. The Bertz CT molecular complexity index is 443. The Morgan fingerprint density at radius 2 is 1.95 bits per heavy atom. The minimum absolute atomic E-state index is 0.0162.